The summed E-state index contributed by atoms with van der Waals surface area (Å²) >= 11 is 1.27. The third-order valence-electron chi connectivity index (χ3n) is 2.68. The van der Waals surface area contributed by atoms with Crippen molar-refractivity contribution in [3.63, 3.8) is 0 Å². The lowest BCUT2D eigenvalue weighted by atomic mass is 10.2. The molecule has 0 bridgehead atoms. The van der Waals surface area contributed by atoms with Crippen molar-refractivity contribution < 1.29 is 14.0 Å². The third kappa shape index (κ3) is 5.44. The first-order valence-electron chi connectivity index (χ1n) is 6.30. The van der Waals surface area contributed by atoms with Gasteiger partial charge in [-0.25, -0.2) is 4.39 Å². The number of amides is 2. The summed E-state index contributed by atoms with van der Waals surface area (Å²) in [5.74, 6) is -1.42. The van der Waals surface area contributed by atoms with Crippen molar-refractivity contribution in [2.24, 2.45) is 0 Å². The maximum Gasteiger partial charge on any atom is 0.254 e. The van der Waals surface area contributed by atoms with Gasteiger partial charge in [0.15, 0.2) is 0 Å². The van der Waals surface area contributed by atoms with Crippen LogP contribution in [-0.2, 0) is 4.79 Å². The molecule has 1 atom stereocenters. The van der Waals surface area contributed by atoms with Crippen LogP contribution in [0.4, 0.5) is 4.39 Å². The molecule has 112 valence electrons. The Morgan fingerprint density at radius 3 is 2.71 bits per heavy atom. The SMILES string of the molecule is CSC(CNC(=O)c1ccccc1F)C(=O)NCCC#N. The van der Waals surface area contributed by atoms with Gasteiger partial charge in [0.1, 0.15) is 11.1 Å². The zero-order valence-electron chi connectivity index (χ0n) is 11.6. The molecule has 0 saturated heterocycles. The van der Waals surface area contributed by atoms with Crippen LogP contribution in [0.25, 0.3) is 0 Å². The minimum absolute atomic E-state index is 0.0535. The van der Waals surface area contributed by atoms with E-state index in [4.69, 9.17) is 5.26 Å². The number of halogens is 1. The highest BCUT2D eigenvalue weighted by molar-refractivity contribution is 7.99. The van der Waals surface area contributed by atoms with Gasteiger partial charge in [0.2, 0.25) is 5.91 Å². The summed E-state index contributed by atoms with van der Waals surface area (Å²) in [7, 11) is 0. The number of hydrogen-bond acceptors (Lipinski definition) is 4. The average molecular weight is 309 g/mol. The van der Waals surface area contributed by atoms with Gasteiger partial charge in [0, 0.05) is 13.1 Å². The molecule has 0 heterocycles. The van der Waals surface area contributed by atoms with Crippen LogP contribution in [0.5, 0.6) is 0 Å². The zero-order valence-corrected chi connectivity index (χ0v) is 12.4. The van der Waals surface area contributed by atoms with E-state index in [-0.39, 0.29) is 31.0 Å². The van der Waals surface area contributed by atoms with Crippen LogP contribution in [0.15, 0.2) is 24.3 Å². The maximum absolute atomic E-state index is 13.4. The molecule has 7 heteroatoms. The lowest BCUT2D eigenvalue weighted by Crippen LogP contribution is -2.41. The van der Waals surface area contributed by atoms with E-state index in [1.807, 2.05) is 6.07 Å². The van der Waals surface area contributed by atoms with Crippen molar-refractivity contribution in [1.29, 1.82) is 5.26 Å². The van der Waals surface area contributed by atoms with Crippen LogP contribution in [0.1, 0.15) is 16.8 Å². The molecule has 0 fully saturated rings. The lowest BCUT2D eigenvalue weighted by molar-refractivity contribution is -0.120. The van der Waals surface area contributed by atoms with Gasteiger partial charge >= 0.3 is 0 Å². The van der Waals surface area contributed by atoms with Gasteiger partial charge in [0.25, 0.3) is 5.91 Å². The predicted molar refractivity (Wildman–Crippen MR) is 79.3 cm³/mol. The summed E-state index contributed by atoms with van der Waals surface area (Å²) in [6.07, 6.45) is 1.97. The minimum Gasteiger partial charge on any atom is -0.354 e. The maximum atomic E-state index is 13.4. The molecule has 0 spiro atoms. The molecule has 1 rings (SSSR count). The van der Waals surface area contributed by atoms with Gasteiger partial charge in [-0.1, -0.05) is 12.1 Å². The molecule has 0 aromatic heterocycles. The highest BCUT2D eigenvalue weighted by Gasteiger charge is 2.19. The predicted octanol–water partition coefficient (Wildman–Crippen LogP) is 1.32. The quantitative estimate of drug-likeness (QED) is 0.744. The second kappa shape index (κ2) is 8.97. The molecule has 5 nitrogen and oxygen atoms in total. The van der Waals surface area contributed by atoms with Crippen LogP contribution in [0.3, 0.4) is 0 Å². The molecular weight excluding hydrogens is 293 g/mol. The Kier molecular flexibility index (Phi) is 7.26. The van der Waals surface area contributed by atoms with E-state index < -0.39 is 17.0 Å². The molecule has 21 heavy (non-hydrogen) atoms. The molecule has 1 aromatic rings. The Morgan fingerprint density at radius 1 is 1.38 bits per heavy atom. The Balaban J connectivity index is 2.52. The summed E-state index contributed by atoms with van der Waals surface area (Å²) in [5.41, 5.74) is -0.0535. The molecule has 2 N–H and O–H groups in total. The van der Waals surface area contributed by atoms with Crippen LogP contribution in [0, 0.1) is 17.1 Å². The molecule has 0 aliphatic carbocycles. The molecule has 0 aliphatic heterocycles. The first-order chi connectivity index (χ1) is 10.1. The second-order valence-electron chi connectivity index (χ2n) is 4.11. The molecule has 0 aliphatic rings. The number of nitrogens with zero attached hydrogens (tertiary/aromatic N) is 1. The highest BCUT2D eigenvalue weighted by atomic mass is 32.2. The number of carbonyl (C=O) groups is 2. The van der Waals surface area contributed by atoms with Gasteiger partial charge in [-0.15, -0.1) is 0 Å². The third-order valence-corrected chi connectivity index (χ3v) is 3.63. The van der Waals surface area contributed by atoms with Gasteiger partial charge < -0.3 is 10.6 Å². The fourth-order valence-corrected chi connectivity index (χ4v) is 2.11. The lowest BCUT2D eigenvalue weighted by Gasteiger charge is -2.15. The number of nitrogens with one attached hydrogen (secondary N) is 2. The monoisotopic (exact) mass is 309 g/mol. The number of rotatable bonds is 7. The molecule has 2 amide bonds. The molecule has 0 radical (unpaired) electrons. The molecule has 0 saturated carbocycles. The van der Waals surface area contributed by atoms with E-state index in [0.717, 1.165) is 0 Å². The molecular formula is C14H16FN3O2S. The Hall–Kier alpha value is -2.07. The van der Waals surface area contributed by atoms with Gasteiger partial charge in [0.05, 0.1) is 18.1 Å². The van der Waals surface area contributed by atoms with E-state index in [9.17, 15) is 14.0 Å². The van der Waals surface area contributed by atoms with Crippen LogP contribution in [0.2, 0.25) is 0 Å². The van der Waals surface area contributed by atoms with Gasteiger partial charge in [-0.05, 0) is 18.4 Å². The number of hydrogen-bond donors (Lipinski definition) is 2. The summed E-state index contributed by atoms with van der Waals surface area (Å²) in [4.78, 5) is 23.6. The standard InChI is InChI=1S/C14H16FN3O2S/c1-21-12(14(20)17-8-4-7-16)9-18-13(19)10-5-2-3-6-11(10)15/h2-3,5-6,12H,4,8-9H2,1H3,(H,17,20)(H,18,19). The first kappa shape index (κ1) is 17.0. The van der Waals surface area contributed by atoms with E-state index in [1.165, 1.54) is 30.0 Å². The first-order valence-corrected chi connectivity index (χ1v) is 7.59. The highest BCUT2D eigenvalue weighted by Crippen LogP contribution is 2.08. The summed E-state index contributed by atoms with van der Waals surface area (Å²) in [6, 6.07) is 7.58. The summed E-state index contributed by atoms with van der Waals surface area (Å²) < 4.78 is 13.4. The van der Waals surface area contributed by atoms with Gasteiger partial charge in [-0.3, -0.25) is 9.59 Å². The normalized spacial score (nSPS) is 11.3. The van der Waals surface area contributed by atoms with Crippen LogP contribution in [-0.4, -0.2) is 36.4 Å². The van der Waals surface area contributed by atoms with Crippen molar-refractivity contribution in [3.8, 4) is 6.07 Å². The zero-order chi connectivity index (χ0) is 15.7. The average Bonchev–Trinajstić information content (AvgIpc) is 2.48. The van der Waals surface area contributed by atoms with E-state index in [2.05, 4.69) is 10.6 Å². The van der Waals surface area contributed by atoms with Crippen LogP contribution < -0.4 is 10.6 Å². The second-order valence-corrected chi connectivity index (χ2v) is 5.15. The van der Waals surface area contributed by atoms with E-state index in [1.54, 1.807) is 12.3 Å². The number of thioether (sulfide) groups is 1. The van der Waals surface area contributed by atoms with E-state index >= 15 is 0 Å². The van der Waals surface area contributed by atoms with Crippen molar-refractivity contribution >= 4 is 23.6 Å². The topological polar surface area (TPSA) is 82.0 Å². The summed E-state index contributed by atoms with van der Waals surface area (Å²) in [5, 5.41) is 13.1. The smallest absolute Gasteiger partial charge is 0.254 e. The molecule has 1 unspecified atom stereocenters. The van der Waals surface area contributed by atoms with Crippen molar-refractivity contribution in [3.05, 3.63) is 35.6 Å². The Morgan fingerprint density at radius 2 is 2.10 bits per heavy atom. The molecule has 1 aromatic carbocycles. The van der Waals surface area contributed by atoms with E-state index in [0.29, 0.717) is 0 Å². The number of nitriles is 1. The van der Waals surface area contributed by atoms with Crippen molar-refractivity contribution in [2.75, 3.05) is 19.3 Å². The van der Waals surface area contributed by atoms with Crippen molar-refractivity contribution in [1.82, 2.24) is 10.6 Å². The Labute approximate surface area is 126 Å². The van der Waals surface area contributed by atoms with Gasteiger partial charge in [-0.2, -0.15) is 17.0 Å². The van der Waals surface area contributed by atoms with Crippen molar-refractivity contribution in [2.45, 2.75) is 11.7 Å². The number of carbonyl (C=O) groups excluding carboxylic acids is 2. The fraction of sp³-hybridized carbons (Fsp3) is 0.357. The largest absolute Gasteiger partial charge is 0.354 e. The number of benzene rings is 1. The minimum atomic E-state index is -0.603. The summed E-state index contributed by atoms with van der Waals surface area (Å²) in [6.45, 7) is 0.361. The van der Waals surface area contributed by atoms with Crippen LogP contribution >= 0.6 is 11.8 Å². The Bertz CT molecular complexity index is 545. The fourth-order valence-electron chi connectivity index (χ4n) is 1.56.